The molecule has 0 aliphatic rings. The van der Waals surface area contributed by atoms with Crippen LogP contribution in [0.25, 0.3) is 73.6 Å². The van der Waals surface area contributed by atoms with Crippen molar-refractivity contribution in [2.45, 2.75) is 233 Å². The van der Waals surface area contributed by atoms with E-state index in [9.17, 15) is 9.59 Å². The van der Waals surface area contributed by atoms with E-state index < -0.39 is 0 Å². The van der Waals surface area contributed by atoms with Crippen LogP contribution >= 0.6 is 34.4 Å². The fraction of sp³-hybridized carbons (Fsp3) is 0.556. The molecule has 0 aliphatic carbocycles. The van der Waals surface area contributed by atoms with E-state index >= 15 is 0 Å². The Bertz CT molecular complexity index is 2960. The molecule has 3 heterocycles. The summed E-state index contributed by atoms with van der Waals surface area (Å²) in [6.45, 7) is 10.1. The number of benzene rings is 5. The second-order valence-corrected chi connectivity index (χ2v) is 26.3. The van der Waals surface area contributed by atoms with Crippen molar-refractivity contribution in [1.29, 1.82) is 0 Å². The van der Waals surface area contributed by atoms with Crippen LogP contribution in [0.5, 0.6) is 0 Å². The molecule has 0 N–H and O–H groups in total. The minimum atomic E-state index is -0.234. The number of hydrogen-bond donors (Lipinski definition) is 0. The fourth-order valence-electron chi connectivity index (χ4n) is 12.3. The molecule has 436 valence electrons. The lowest BCUT2D eigenvalue weighted by Gasteiger charge is -2.18. The summed E-state index contributed by atoms with van der Waals surface area (Å²) in [5.41, 5.74) is 4.93. The van der Waals surface area contributed by atoms with Gasteiger partial charge < -0.3 is 9.47 Å². The second kappa shape index (κ2) is 34.2. The number of esters is 2. The van der Waals surface area contributed by atoms with Gasteiger partial charge in [-0.3, -0.25) is 0 Å². The van der Waals surface area contributed by atoms with Crippen LogP contribution in [0.3, 0.4) is 0 Å². The van der Waals surface area contributed by atoms with Crippen molar-refractivity contribution in [3.8, 4) is 20.9 Å². The van der Waals surface area contributed by atoms with Gasteiger partial charge in [0.25, 0.3) is 0 Å². The lowest BCUT2D eigenvalue weighted by molar-refractivity contribution is 0.0416. The van der Waals surface area contributed by atoms with Crippen molar-refractivity contribution in [2.24, 2.45) is 11.8 Å². The standard InChI is InChI=1S/C72H96N2O4S3/c1-5-9-13-17-21-23-27-31-39-53(37-29-25-19-15-11-7-3)51-77-71(75)63-47-55-41-33-35-43-57(55)69-61(63)49-65(79-69)59-45-46-60(68-67(59)73-81-74-68)66-50-62-64(48-56-42-34-36-44-58(56)70(62)80-66)72(76)78-52-54(38-30-26-20-16-12-8-4)40-32-28-24-22-18-14-10-6-2/h33-36,41-50,53-54H,5-32,37-40,51-52H2,1-4H3. The van der Waals surface area contributed by atoms with Crippen LogP contribution in [0.2, 0.25) is 0 Å². The zero-order valence-corrected chi connectivity index (χ0v) is 52.5. The Morgan fingerprint density at radius 3 is 1.06 bits per heavy atom. The third-order valence-corrected chi connectivity index (χ3v) is 20.1. The van der Waals surface area contributed by atoms with Crippen LogP contribution in [0, 0.1) is 11.8 Å². The molecule has 2 atom stereocenters. The maximum absolute atomic E-state index is 14.5. The van der Waals surface area contributed by atoms with Crippen molar-refractivity contribution in [2.75, 3.05) is 13.2 Å². The van der Waals surface area contributed by atoms with Crippen LogP contribution in [0.4, 0.5) is 0 Å². The summed E-state index contributed by atoms with van der Waals surface area (Å²) in [6, 6.07) is 29.6. The first-order valence-corrected chi connectivity index (χ1v) is 34.8. The van der Waals surface area contributed by atoms with Crippen molar-refractivity contribution in [3.05, 3.63) is 96.1 Å². The molecule has 6 nitrogen and oxygen atoms in total. The zero-order valence-electron chi connectivity index (χ0n) is 50.0. The minimum absolute atomic E-state index is 0.234. The van der Waals surface area contributed by atoms with E-state index in [1.54, 1.807) is 22.7 Å². The number of aromatic nitrogens is 2. The zero-order chi connectivity index (χ0) is 56.4. The second-order valence-electron chi connectivity index (χ2n) is 23.7. The van der Waals surface area contributed by atoms with Gasteiger partial charge in [0, 0.05) is 41.1 Å². The maximum Gasteiger partial charge on any atom is 0.338 e. The number of thiophene rings is 2. The highest BCUT2D eigenvalue weighted by molar-refractivity contribution is 7.24. The van der Waals surface area contributed by atoms with E-state index in [0.717, 1.165) is 99.3 Å². The number of ether oxygens (including phenoxy) is 2. The summed E-state index contributed by atoms with van der Waals surface area (Å²) in [4.78, 5) is 31.0. The molecule has 0 fully saturated rings. The Hall–Kier alpha value is -4.70. The van der Waals surface area contributed by atoms with E-state index in [1.807, 2.05) is 12.1 Å². The number of fused-ring (bicyclic) bond motifs is 7. The largest absolute Gasteiger partial charge is 0.462 e. The summed E-state index contributed by atoms with van der Waals surface area (Å²) in [5, 5.41) is 6.18. The molecule has 0 spiro atoms. The molecule has 3 aromatic heterocycles. The highest BCUT2D eigenvalue weighted by Gasteiger charge is 2.24. The number of carbonyl (C=O) groups is 2. The van der Waals surface area contributed by atoms with Gasteiger partial charge in [-0.15, -0.1) is 22.7 Å². The highest BCUT2D eigenvalue weighted by atomic mass is 32.1. The maximum atomic E-state index is 14.5. The summed E-state index contributed by atoms with van der Waals surface area (Å²) in [7, 11) is 0. The Morgan fingerprint density at radius 1 is 0.395 bits per heavy atom. The third kappa shape index (κ3) is 17.9. The molecule has 0 radical (unpaired) electrons. The van der Waals surface area contributed by atoms with Gasteiger partial charge in [0.05, 0.1) is 36.1 Å². The van der Waals surface area contributed by atoms with Crippen LogP contribution in [-0.4, -0.2) is 33.9 Å². The first-order chi connectivity index (χ1) is 39.9. The molecule has 8 aromatic rings. The summed E-state index contributed by atoms with van der Waals surface area (Å²) >= 11 is 4.65. The van der Waals surface area contributed by atoms with Gasteiger partial charge in [0.2, 0.25) is 0 Å². The van der Waals surface area contributed by atoms with Crippen molar-refractivity contribution < 1.29 is 19.1 Å². The number of unbranched alkanes of at least 4 members (excludes halogenated alkanes) is 24. The first-order valence-electron chi connectivity index (χ1n) is 32.4. The summed E-state index contributed by atoms with van der Waals surface area (Å²) in [6.07, 6.45) is 40.6. The SMILES string of the molecule is CCCCCCCCCCC(CCCCCCCC)COC(=O)c1cc2ccccc2c2sc(-c3ccc(-c4cc5c(C(=O)OCC(CCCCCCCC)CCCCCCCCCC)cc6ccccc6c5s4)c4nsnc34)cc12. The van der Waals surface area contributed by atoms with Crippen LogP contribution in [0.15, 0.2) is 84.9 Å². The van der Waals surface area contributed by atoms with Gasteiger partial charge >= 0.3 is 11.9 Å². The lowest BCUT2D eigenvalue weighted by Crippen LogP contribution is -2.15. The van der Waals surface area contributed by atoms with E-state index in [-0.39, 0.29) is 11.9 Å². The molecule has 81 heavy (non-hydrogen) atoms. The number of carbonyl (C=O) groups excluding carboxylic acids is 2. The third-order valence-electron chi connectivity index (χ3n) is 17.2. The molecule has 0 bridgehead atoms. The number of nitrogens with zero attached hydrogens (tertiary/aromatic N) is 2. The highest BCUT2D eigenvalue weighted by Crippen LogP contribution is 2.46. The van der Waals surface area contributed by atoms with Crippen molar-refractivity contribution in [1.82, 2.24) is 8.75 Å². The fourth-order valence-corrected chi connectivity index (χ4v) is 15.4. The molecular weight excluding hydrogens is 1050 g/mol. The Labute approximate surface area is 498 Å². The van der Waals surface area contributed by atoms with E-state index in [4.69, 9.17) is 18.2 Å². The lowest BCUT2D eigenvalue weighted by atomic mass is 9.94. The predicted molar refractivity (Wildman–Crippen MR) is 352 cm³/mol. The summed E-state index contributed by atoms with van der Waals surface area (Å²) in [5.74, 6) is 0.290. The van der Waals surface area contributed by atoms with Gasteiger partial charge in [0.1, 0.15) is 11.0 Å². The van der Waals surface area contributed by atoms with Crippen molar-refractivity contribution in [3.63, 3.8) is 0 Å². The van der Waals surface area contributed by atoms with Gasteiger partial charge in [0.15, 0.2) is 0 Å². The molecule has 9 heteroatoms. The van der Waals surface area contributed by atoms with E-state index in [0.29, 0.717) is 36.2 Å². The monoisotopic (exact) mass is 1150 g/mol. The number of hydrogen-bond acceptors (Lipinski definition) is 9. The van der Waals surface area contributed by atoms with Crippen LogP contribution in [-0.2, 0) is 9.47 Å². The van der Waals surface area contributed by atoms with Gasteiger partial charge in [-0.25, -0.2) is 9.59 Å². The molecule has 0 saturated carbocycles. The van der Waals surface area contributed by atoms with E-state index in [2.05, 4.69) is 100 Å². The average molecular weight is 1150 g/mol. The molecular formula is C72H96N2O4S3. The Balaban J connectivity index is 1.02. The molecule has 5 aromatic carbocycles. The smallest absolute Gasteiger partial charge is 0.338 e. The average Bonchev–Trinajstić information content (AvgIpc) is 4.47. The predicted octanol–water partition coefficient (Wildman–Crippen LogP) is 23.9. The molecule has 0 saturated heterocycles. The molecule has 8 rings (SSSR count). The minimum Gasteiger partial charge on any atom is -0.462 e. The Kier molecular flexibility index (Phi) is 26.3. The first kappa shape index (κ1) is 62.3. The van der Waals surface area contributed by atoms with Gasteiger partial charge in [-0.1, -0.05) is 268 Å². The molecule has 0 aliphatic heterocycles. The molecule has 2 unspecified atom stereocenters. The Morgan fingerprint density at radius 2 is 0.716 bits per heavy atom. The van der Waals surface area contributed by atoms with Crippen molar-refractivity contribution >= 4 is 99.1 Å². The summed E-state index contributed by atoms with van der Waals surface area (Å²) < 4.78 is 24.9. The topological polar surface area (TPSA) is 78.4 Å². The normalized spacial score (nSPS) is 12.6. The van der Waals surface area contributed by atoms with Gasteiger partial charge in [-0.05, 0) is 83.3 Å². The molecule has 0 amide bonds. The quantitative estimate of drug-likeness (QED) is 0.0281. The number of rotatable bonds is 40. The van der Waals surface area contributed by atoms with E-state index in [1.165, 1.54) is 192 Å². The van der Waals surface area contributed by atoms with Gasteiger partial charge in [-0.2, -0.15) is 8.75 Å². The van der Waals surface area contributed by atoms with Crippen LogP contribution in [0.1, 0.15) is 254 Å². The van der Waals surface area contributed by atoms with Crippen LogP contribution < -0.4 is 0 Å².